The highest BCUT2D eigenvalue weighted by Gasteiger charge is 2.19. The van der Waals surface area contributed by atoms with Crippen molar-refractivity contribution in [1.29, 1.82) is 0 Å². The molecule has 1 heterocycles. The molecule has 1 aromatic rings. The largest absolute Gasteiger partial charge is 0.481 e. The van der Waals surface area contributed by atoms with Crippen LogP contribution < -0.4 is 4.74 Å². The van der Waals surface area contributed by atoms with Crippen LogP contribution >= 0.6 is 0 Å². The number of nitrogens with zero attached hydrogens (tertiary/aromatic N) is 2. The summed E-state index contributed by atoms with van der Waals surface area (Å²) in [7, 11) is 1.56. The van der Waals surface area contributed by atoms with Crippen molar-refractivity contribution in [3.05, 3.63) is 17.1 Å². The number of aromatic nitrogens is 2. The lowest BCUT2D eigenvalue weighted by molar-refractivity contribution is -0.136. The second kappa shape index (κ2) is 4.47. The standard InChI is InChI=1S/C11H14N2O3/c1-16-11-7-4-2-3-5-8(7)12-9(13-11)6-10(14)15/h2-6H2,1H3,(H,14,15). The summed E-state index contributed by atoms with van der Waals surface area (Å²) in [5.41, 5.74) is 2.00. The number of fused-ring (bicyclic) bond motifs is 1. The lowest BCUT2D eigenvalue weighted by Gasteiger charge is -2.17. The third-order valence-corrected chi connectivity index (χ3v) is 2.69. The molecule has 0 radical (unpaired) electrons. The lowest BCUT2D eigenvalue weighted by atomic mass is 9.97. The van der Waals surface area contributed by atoms with Crippen LogP contribution in [-0.2, 0) is 24.1 Å². The van der Waals surface area contributed by atoms with Crippen LogP contribution in [0, 0.1) is 0 Å². The van der Waals surface area contributed by atoms with E-state index in [9.17, 15) is 4.79 Å². The van der Waals surface area contributed by atoms with Gasteiger partial charge in [-0.15, -0.1) is 0 Å². The van der Waals surface area contributed by atoms with Crippen molar-refractivity contribution in [3.8, 4) is 5.88 Å². The average Bonchev–Trinajstić information content (AvgIpc) is 2.27. The van der Waals surface area contributed by atoms with Crippen molar-refractivity contribution in [2.75, 3.05) is 7.11 Å². The minimum atomic E-state index is -0.919. The van der Waals surface area contributed by atoms with Gasteiger partial charge in [0.1, 0.15) is 12.2 Å². The Hall–Kier alpha value is -1.65. The van der Waals surface area contributed by atoms with Crippen LogP contribution in [-0.4, -0.2) is 28.2 Å². The van der Waals surface area contributed by atoms with E-state index >= 15 is 0 Å². The monoisotopic (exact) mass is 222 g/mol. The minimum Gasteiger partial charge on any atom is -0.481 e. The number of ether oxygens (including phenoxy) is 1. The summed E-state index contributed by atoms with van der Waals surface area (Å²) in [4.78, 5) is 19.0. The van der Waals surface area contributed by atoms with Crippen LogP contribution in [0.25, 0.3) is 0 Å². The van der Waals surface area contributed by atoms with E-state index in [1.807, 2.05) is 0 Å². The number of carboxylic acid groups (broad SMARTS) is 1. The first-order valence-electron chi connectivity index (χ1n) is 5.35. The van der Waals surface area contributed by atoms with E-state index < -0.39 is 5.97 Å². The maximum Gasteiger partial charge on any atom is 0.311 e. The normalized spacial score (nSPS) is 14.3. The van der Waals surface area contributed by atoms with E-state index in [4.69, 9.17) is 9.84 Å². The second-order valence-electron chi connectivity index (χ2n) is 3.85. The Morgan fingerprint density at radius 2 is 2.12 bits per heavy atom. The molecule has 0 aromatic carbocycles. The highest BCUT2D eigenvalue weighted by molar-refractivity contribution is 5.69. The number of hydrogen-bond acceptors (Lipinski definition) is 4. The summed E-state index contributed by atoms with van der Waals surface area (Å²) in [6.45, 7) is 0. The Morgan fingerprint density at radius 1 is 1.38 bits per heavy atom. The van der Waals surface area contributed by atoms with Crippen LogP contribution in [0.3, 0.4) is 0 Å². The van der Waals surface area contributed by atoms with Crippen LogP contribution in [0.5, 0.6) is 5.88 Å². The molecule has 1 aromatic heterocycles. The third-order valence-electron chi connectivity index (χ3n) is 2.69. The molecule has 0 amide bonds. The van der Waals surface area contributed by atoms with Crippen molar-refractivity contribution >= 4 is 5.97 Å². The van der Waals surface area contributed by atoms with Crippen molar-refractivity contribution < 1.29 is 14.6 Å². The minimum absolute atomic E-state index is 0.149. The third kappa shape index (κ3) is 2.13. The van der Waals surface area contributed by atoms with Crippen LogP contribution in [0.1, 0.15) is 29.9 Å². The molecule has 2 rings (SSSR count). The van der Waals surface area contributed by atoms with Crippen molar-refractivity contribution in [1.82, 2.24) is 9.97 Å². The van der Waals surface area contributed by atoms with E-state index in [0.717, 1.165) is 36.9 Å². The van der Waals surface area contributed by atoms with E-state index in [1.54, 1.807) is 7.11 Å². The van der Waals surface area contributed by atoms with Gasteiger partial charge in [0.15, 0.2) is 0 Å². The van der Waals surface area contributed by atoms with Crippen LogP contribution in [0.2, 0.25) is 0 Å². The van der Waals surface area contributed by atoms with Gasteiger partial charge in [0, 0.05) is 5.56 Å². The number of aryl methyl sites for hydroxylation is 1. The first-order chi connectivity index (χ1) is 7.70. The molecule has 16 heavy (non-hydrogen) atoms. The summed E-state index contributed by atoms with van der Waals surface area (Å²) in [5.74, 6) is -0.0382. The molecule has 5 heteroatoms. The molecule has 0 unspecified atom stereocenters. The number of carboxylic acids is 1. The molecule has 0 saturated heterocycles. The summed E-state index contributed by atoms with van der Waals surface area (Å²) in [6, 6.07) is 0. The van der Waals surface area contributed by atoms with E-state index in [2.05, 4.69) is 9.97 Å². The Balaban J connectivity index is 2.39. The highest BCUT2D eigenvalue weighted by atomic mass is 16.5. The lowest BCUT2D eigenvalue weighted by Crippen LogP contribution is -2.14. The smallest absolute Gasteiger partial charge is 0.311 e. The van der Waals surface area contributed by atoms with Gasteiger partial charge in [-0.25, -0.2) is 4.98 Å². The maximum atomic E-state index is 10.6. The number of hydrogen-bond donors (Lipinski definition) is 1. The summed E-state index contributed by atoms with van der Waals surface area (Å²) in [5, 5.41) is 8.71. The first kappa shape index (κ1) is 10.9. The van der Waals surface area contributed by atoms with E-state index in [0.29, 0.717) is 11.7 Å². The topological polar surface area (TPSA) is 72.3 Å². The van der Waals surface area contributed by atoms with Gasteiger partial charge in [-0.3, -0.25) is 4.79 Å². The molecule has 0 spiro atoms. The predicted molar refractivity (Wildman–Crippen MR) is 56.6 cm³/mol. The fourth-order valence-electron chi connectivity index (χ4n) is 1.99. The molecule has 0 atom stereocenters. The predicted octanol–water partition coefficient (Wildman–Crippen LogP) is 0.991. The molecular formula is C11H14N2O3. The van der Waals surface area contributed by atoms with Crippen molar-refractivity contribution in [3.63, 3.8) is 0 Å². The number of methoxy groups -OCH3 is 1. The van der Waals surface area contributed by atoms with Crippen LogP contribution in [0.15, 0.2) is 0 Å². The average molecular weight is 222 g/mol. The van der Waals surface area contributed by atoms with Gasteiger partial charge in [-0.1, -0.05) is 0 Å². The van der Waals surface area contributed by atoms with E-state index in [-0.39, 0.29) is 6.42 Å². The van der Waals surface area contributed by atoms with Gasteiger partial charge in [0.2, 0.25) is 5.88 Å². The molecule has 86 valence electrons. The van der Waals surface area contributed by atoms with Gasteiger partial charge in [0.25, 0.3) is 0 Å². The van der Waals surface area contributed by atoms with Crippen LogP contribution in [0.4, 0.5) is 0 Å². The van der Waals surface area contributed by atoms with E-state index in [1.165, 1.54) is 0 Å². The van der Waals surface area contributed by atoms with Crippen molar-refractivity contribution in [2.45, 2.75) is 32.1 Å². The molecule has 1 aliphatic carbocycles. The summed E-state index contributed by atoms with van der Waals surface area (Å²) in [6.07, 6.45) is 3.88. The molecule has 1 N–H and O–H groups in total. The van der Waals surface area contributed by atoms with Gasteiger partial charge in [-0.2, -0.15) is 4.98 Å². The summed E-state index contributed by atoms with van der Waals surface area (Å²) < 4.78 is 5.19. The zero-order chi connectivity index (χ0) is 11.5. The Bertz CT molecular complexity index is 401. The molecular weight excluding hydrogens is 208 g/mol. The quantitative estimate of drug-likeness (QED) is 0.825. The number of rotatable bonds is 3. The molecule has 0 fully saturated rings. The molecule has 0 bridgehead atoms. The molecule has 1 aliphatic rings. The molecule has 5 nitrogen and oxygen atoms in total. The Morgan fingerprint density at radius 3 is 2.81 bits per heavy atom. The summed E-state index contributed by atoms with van der Waals surface area (Å²) >= 11 is 0. The highest BCUT2D eigenvalue weighted by Crippen LogP contribution is 2.26. The Labute approximate surface area is 93.5 Å². The number of aliphatic carboxylic acids is 1. The van der Waals surface area contributed by atoms with Crippen molar-refractivity contribution in [2.24, 2.45) is 0 Å². The maximum absolute atomic E-state index is 10.6. The first-order valence-corrected chi connectivity index (χ1v) is 5.35. The second-order valence-corrected chi connectivity index (χ2v) is 3.85. The van der Waals surface area contributed by atoms with Gasteiger partial charge >= 0.3 is 5.97 Å². The fourth-order valence-corrected chi connectivity index (χ4v) is 1.99. The zero-order valence-corrected chi connectivity index (χ0v) is 9.19. The SMILES string of the molecule is COc1nc(CC(=O)O)nc2c1CCCC2. The van der Waals surface area contributed by atoms with Gasteiger partial charge < -0.3 is 9.84 Å². The zero-order valence-electron chi connectivity index (χ0n) is 9.19. The van der Waals surface area contributed by atoms with Gasteiger partial charge in [0.05, 0.1) is 12.8 Å². The number of carbonyl (C=O) groups is 1. The molecule has 0 aliphatic heterocycles. The molecule has 0 saturated carbocycles. The Kier molecular flexibility index (Phi) is 3.03. The fraction of sp³-hybridized carbons (Fsp3) is 0.545. The van der Waals surface area contributed by atoms with Gasteiger partial charge in [-0.05, 0) is 25.7 Å².